The fourth-order valence-electron chi connectivity index (χ4n) is 18.5. The first kappa shape index (κ1) is 73.2. The first-order valence-electron chi connectivity index (χ1n) is 41.3. The van der Waals surface area contributed by atoms with Crippen LogP contribution >= 0.6 is 22.7 Å². The van der Waals surface area contributed by atoms with Crippen LogP contribution in [0.2, 0.25) is 0 Å². The van der Waals surface area contributed by atoms with E-state index < -0.39 is 0 Å². The van der Waals surface area contributed by atoms with Crippen LogP contribution in [0.15, 0.2) is 437 Å². The molecule has 0 atom stereocenters. The largest absolute Gasteiger partial charge is 0.310 e. The van der Waals surface area contributed by atoms with Crippen LogP contribution in [0.4, 0.5) is 68.2 Å². The summed E-state index contributed by atoms with van der Waals surface area (Å²) in [4.78, 5) is 9.64. The number of nitrogens with zero attached hydrogens (tertiary/aromatic N) is 4. The second-order valence-electron chi connectivity index (χ2n) is 32.4. The van der Waals surface area contributed by atoms with Crippen molar-refractivity contribution in [3.8, 4) is 66.8 Å². The van der Waals surface area contributed by atoms with E-state index in [2.05, 4.69) is 484 Å². The van der Waals surface area contributed by atoms with Gasteiger partial charge in [-0.25, -0.2) is 0 Å². The van der Waals surface area contributed by atoms with E-state index in [0.29, 0.717) is 0 Å². The van der Waals surface area contributed by atoms with Gasteiger partial charge in [-0.1, -0.05) is 307 Å². The van der Waals surface area contributed by atoms with Gasteiger partial charge in [0, 0.05) is 119 Å². The second-order valence-corrected chi connectivity index (χ2v) is 34.6. The van der Waals surface area contributed by atoms with Crippen molar-refractivity contribution in [1.29, 1.82) is 0 Å². The van der Waals surface area contributed by atoms with Crippen molar-refractivity contribution in [2.75, 3.05) is 19.6 Å². The molecule has 0 saturated carbocycles. The van der Waals surface area contributed by atoms with E-state index in [1.165, 1.54) is 118 Å². The van der Waals surface area contributed by atoms with Crippen molar-refractivity contribution in [1.82, 2.24) is 0 Å². The van der Waals surface area contributed by atoms with Gasteiger partial charge in [0.2, 0.25) is 0 Å². The third-order valence-electron chi connectivity index (χ3n) is 24.4. The molecule has 0 bridgehead atoms. The van der Waals surface area contributed by atoms with E-state index in [0.717, 1.165) is 79.4 Å². The minimum Gasteiger partial charge on any atom is -0.310 e. The predicted octanol–water partition coefficient (Wildman–Crippen LogP) is 33.3. The molecule has 0 saturated heterocycles. The molecule has 2 heterocycles. The zero-order valence-electron chi connectivity index (χ0n) is 67.2. The predicted molar refractivity (Wildman–Crippen MR) is 514 cm³/mol. The highest BCUT2D eigenvalue weighted by Gasteiger charge is 2.37. The number of para-hydroxylation sites is 4. The standard InChI is InChI=1S/C57H40N2S2.C57H44N2/c1-57(2)51-22-12-9-19-45(51)46-28-25-37(33-52(46)57)38-31-43(58(39-15-5-3-6-16-39)41-26-29-49-47-20-10-13-23-53(47)60-55(49)35-41)34-44(32-38)59(40-17-7-4-8-18-40)42-27-30-50-48-21-11-14-24-54(48)61-56(50)36-42;1-57(2)55-26-16-15-25-53(55)54-36-31-45(39-56(54)57)46-37-51(58(47-21-11-5-12-22-47)49-32-27-43(28-33-49)41-17-7-3-8-18-41)40-52(38-46)59(48-23-13-6-14-24-48)50-34-29-44(30-35-50)42-19-9-4-10-20-42/h3-36H,1-2H3;3-40H,1-2H3. The Morgan fingerprint density at radius 2 is 0.417 bits per heavy atom. The highest BCUT2D eigenvalue weighted by atomic mass is 32.1. The van der Waals surface area contributed by atoms with Crippen LogP contribution in [0.25, 0.3) is 107 Å². The first-order chi connectivity index (χ1) is 59.0. The lowest BCUT2D eigenvalue weighted by molar-refractivity contribution is 0.660. The molecule has 0 fully saturated rings. The van der Waals surface area contributed by atoms with Gasteiger partial charge in [0.15, 0.2) is 0 Å². The van der Waals surface area contributed by atoms with Gasteiger partial charge in [0.25, 0.3) is 0 Å². The molecule has 572 valence electrons. The summed E-state index contributed by atoms with van der Waals surface area (Å²) >= 11 is 3.72. The molecule has 6 heteroatoms. The molecule has 2 aromatic heterocycles. The Kier molecular flexibility index (Phi) is 18.7. The van der Waals surface area contributed by atoms with Crippen molar-refractivity contribution in [3.63, 3.8) is 0 Å². The molecule has 2 aliphatic rings. The van der Waals surface area contributed by atoms with Gasteiger partial charge in [-0.2, -0.15) is 0 Å². The van der Waals surface area contributed by atoms with E-state index in [1.807, 2.05) is 22.7 Å². The Bertz CT molecular complexity index is 6880. The minimum absolute atomic E-state index is 0.116. The maximum atomic E-state index is 2.45. The van der Waals surface area contributed by atoms with Crippen LogP contribution in [0.3, 0.4) is 0 Å². The summed E-state index contributed by atoms with van der Waals surface area (Å²) in [5.74, 6) is 0. The van der Waals surface area contributed by atoms with Crippen molar-refractivity contribution in [2.24, 2.45) is 0 Å². The summed E-state index contributed by atoms with van der Waals surface area (Å²) < 4.78 is 5.17. The third kappa shape index (κ3) is 13.4. The van der Waals surface area contributed by atoms with Crippen molar-refractivity contribution in [2.45, 2.75) is 38.5 Å². The molecule has 0 aliphatic heterocycles. The Morgan fingerprint density at radius 3 is 0.775 bits per heavy atom. The number of rotatable bonds is 16. The van der Waals surface area contributed by atoms with Crippen LogP contribution in [0.1, 0.15) is 49.9 Å². The third-order valence-corrected chi connectivity index (χ3v) is 26.7. The van der Waals surface area contributed by atoms with Gasteiger partial charge in [0.1, 0.15) is 0 Å². The molecule has 4 nitrogen and oxygen atoms in total. The van der Waals surface area contributed by atoms with Crippen LogP contribution < -0.4 is 19.6 Å². The topological polar surface area (TPSA) is 13.0 Å². The minimum atomic E-state index is -0.117. The molecule has 0 N–H and O–H groups in total. The van der Waals surface area contributed by atoms with E-state index >= 15 is 0 Å². The molecule has 120 heavy (non-hydrogen) atoms. The summed E-state index contributed by atoms with van der Waals surface area (Å²) in [5.41, 5.74) is 33.2. The van der Waals surface area contributed by atoms with Crippen molar-refractivity contribution in [3.05, 3.63) is 459 Å². The summed E-state index contributed by atoms with van der Waals surface area (Å²) in [6.07, 6.45) is 0. The quantitative estimate of drug-likeness (QED) is 0.0956. The van der Waals surface area contributed by atoms with Gasteiger partial charge in [-0.05, 0) is 247 Å². The number of hydrogen-bond acceptors (Lipinski definition) is 6. The number of anilines is 12. The van der Waals surface area contributed by atoms with Crippen LogP contribution in [-0.4, -0.2) is 0 Å². The average Bonchev–Trinajstić information content (AvgIpc) is 1.59. The molecule has 22 rings (SSSR count). The maximum absolute atomic E-state index is 2.45. The zero-order chi connectivity index (χ0) is 80.4. The Morgan fingerprint density at radius 1 is 0.158 bits per heavy atom. The maximum Gasteiger partial charge on any atom is 0.0488 e. The average molecular weight is 1570 g/mol. The van der Waals surface area contributed by atoms with Crippen LogP contribution in [0.5, 0.6) is 0 Å². The van der Waals surface area contributed by atoms with Gasteiger partial charge in [0.05, 0.1) is 0 Å². The SMILES string of the molecule is CC1(C)c2ccccc2-c2ccc(-c3cc(N(c4ccccc4)c4ccc(-c5ccccc5)cc4)cc(N(c4ccccc4)c4ccc(-c5ccccc5)cc4)c3)cc21.CC1(C)c2ccccc2-c2ccc(-c3cc(N(c4ccccc4)c4ccc5c(c4)sc4ccccc45)cc(N(c4ccccc4)c4ccc5c(c4)sc4ccccc45)c3)cc21. The molecule has 20 aromatic rings. The smallest absolute Gasteiger partial charge is 0.0488 e. The lowest BCUT2D eigenvalue weighted by Crippen LogP contribution is -2.15. The first-order valence-corrected chi connectivity index (χ1v) is 43.0. The van der Waals surface area contributed by atoms with Crippen molar-refractivity contribution >= 4 is 131 Å². The highest BCUT2D eigenvalue weighted by Crippen LogP contribution is 2.54. The lowest BCUT2D eigenvalue weighted by Gasteiger charge is -2.30. The fraction of sp³-hybridized carbons (Fsp3) is 0.0526. The van der Waals surface area contributed by atoms with Crippen LogP contribution in [0, 0.1) is 0 Å². The lowest BCUT2D eigenvalue weighted by atomic mass is 9.81. The number of benzene rings is 18. The molecule has 0 radical (unpaired) electrons. The molecular weight excluding hydrogens is 1490 g/mol. The molecular formula is C114H84N4S2. The molecule has 18 aromatic carbocycles. The number of hydrogen-bond donors (Lipinski definition) is 0. The summed E-state index contributed by atoms with van der Waals surface area (Å²) in [7, 11) is 0. The van der Waals surface area contributed by atoms with Crippen molar-refractivity contribution < 1.29 is 0 Å². The normalized spacial score (nSPS) is 12.6. The monoisotopic (exact) mass is 1570 g/mol. The summed E-state index contributed by atoms with van der Waals surface area (Å²) in [6.45, 7) is 9.45. The van der Waals surface area contributed by atoms with Gasteiger partial charge < -0.3 is 19.6 Å². The second kappa shape index (κ2) is 30.6. The summed E-state index contributed by atoms with van der Waals surface area (Å²) in [6, 6.07) is 160. The van der Waals surface area contributed by atoms with Gasteiger partial charge in [-0.3, -0.25) is 0 Å². The van der Waals surface area contributed by atoms with E-state index in [4.69, 9.17) is 0 Å². The fourth-order valence-corrected chi connectivity index (χ4v) is 20.8. The Hall–Kier alpha value is -14.4. The van der Waals surface area contributed by atoms with E-state index in [9.17, 15) is 0 Å². The van der Waals surface area contributed by atoms with Crippen LogP contribution in [-0.2, 0) is 10.8 Å². The zero-order valence-corrected chi connectivity index (χ0v) is 68.8. The van der Waals surface area contributed by atoms with Gasteiger partial charge in [-0.15, -0.1) is 22.7 Å². The molecule has 0 unspecified atom stereocenters. The summed E-state index contributed by atoms with van der Waals surface area (Å²) in [5, 5.41) is 5.20. The van der Waals surface area contributed by atoms with E-state index in [1.54, 1.807) is 0 Å². The molecule has 0 spiro atoms. The molecule has 0 amide bonds. The van der Waals surface area contributed by atoms with Gasteiger partial charge >= 0.3 is 0 Å². The number of thiophene rings is 2. The number of fused-ring (bicyclic) bond motifs is 12. The van der Waals surface area contributed by atoms with E-state index in [-0.39, 0.29) is 10.8 Å². The molecule has 2 aliphatic carbocycles. The Labute approximate surface area is 710 Å². The Balaban J connectivity index is 0.000000149. The highest BCUT2D eigenvalue weighted by molar-refractivity contribution is 7.26.